The van der Waals surface area contributed by atoms with Crippen LogP contribution < -0.4 is 5.73 Å². The molecule has 0 spiro atoms. The third-order valence-electron chi connectivity index (χ3n) is 2.28. The maximum atomic E-state index is 6.07. The molecule has 0 aliphatic heterocycles. The molecular weight excluding hydrogens is 166 g/mol. The molecule has 0 bridgehead atoms. The van der Waals surface area contributed by atoms with Gasteiger partial charge in [0, 0.05) is 11.8 Å². The standard InChI is InChI=1S/C10H23NS/c1-5-9(6-2)10(11)7-12-8(3)4/h8-10H,5-7,11H2,1-4H3. The minimum absolute atomic E-state index is 0.396. The van der Waals surface area contributed by atoms with Gasteiger partial charge in [0.25, 0.3) is 0 Å². The molecule has 0 aromatic rings. The van der Waals surface area contributed by atoms with E-state index in [9.17, 15) is 0 Å². The number of hydrogen-bond acceptors (Lipinski definition) is 2. The Balaban J connectivity index is 3.61. The molecule has 0 aliphatic carbocycles. The van der Waals surface area contributed by atoms with Crippen molar-refractivity contribution in [2.24, 2.45) is 11.7 Å². The minimum Gasteiger partial charge on any atom is -0.327 e. The molecule has 0 aliphatic rings. The number of rotatable bonds is 6. The largest absolute Gasteiger partial charge is 0.327 e. The maximum Gasteiger partial charge on any atom is 0.0158 e. The summed E-state index contributed by atoms with van der Waals surface area (Å²) in [6.07, 6.45) is 2.44. The number of thioether (sulfide) groups is 1. The SMILES string of the molecule is CCC(CC)C(N)CSC(C)C. The van der Waals surface area contributed by atoms with E-state index >= 15 is 0 Å². The van der Waals surface area contributed by atoms with Crippen LogP contribution in [0, 0.1) is 5.92 Å². The Morgan fingerprint density at radius 1 is 1.17 bits per heavy atom. The van der Waals surface area contributed by atoms with Crippen molar-refractivity contribution in [3.8, 4) is 0 Å². The van der Waals surface area contributed by atoms with E-state index in [0.29, 0.717) is 11.3 Å². The first-order valence-corrected chi connectivity index (χ1v) is 6.03. The van der Waals surface area contributed by atoms with Gasteiger partial charge in [0.05, 0.1) is 0 Å². The number of hydrogen-bond donors (Lipinski definition) is 1. The highest BCUT2D eigenvalue weighted by molar-refractivity contribution is 7.99. The highest BCUT2D eigenvalue weighted by Crippen LogP contribution is 2.17. The zero-order valence-corrected chi connectivity index (χ0v) is 9.66. The molecule has 12 heavy (non-hydrogen) atoms. The smallest absolute Gasteiger partial charge is 0.0158 e. The average Bonchev–Trinajstić information content (AvgIpc) is 2.03. The molecular formula is C10H23NS. The first-order chi connectivity index (χ1) is 5.61. The van der Waals surface area contributed by atoms with Gasteiger partial charge in [0.15, 0.2) is 0 Å². The van der Waals surface area contributed by atoms with E-state index in [1.165, 1.54) is 12.8 Å². The summed E-state index contributed by atoms with van der Waals surface area (Å²) in [5.41, 5.74) is 6.07. The van der Waals surface area contributed by atoms with Gasteiger partial charge in [-0.1, -0.05) is 40.5 Å². The van der Waals surface area contributed by atoms with E-state index < -0.39 is 0 Å². The van der Waals surface area contributed by atoms with Crippen molar-refractivity contribution < 1.29 is 0 Å². The van der Waals surface area contributed by atoms with E-state index in [0.717, 1.165) is 11.7 Å². The molecule has 0 amide bonds. The average molecular weight is 189 g/mol. The number of nitrogens with two attached hydrogens (primary N) is 1. The summed E-state index contributed by atoms with van der Waals surface area (Å²) in [6, 6.07) is 0.396. The Labute approximate surface area is 81.5 Å². The fourth-order valence-electron chi connectivity index (χ4n) is 1.33. The lowest BCUT2D eigenvalue weighted by Crippen LogP contribution is -2.32. The summed E-state index contributed by atoms with van der Waals surface area (Å²) >= 11 is 1.97. The Bertz CT molecular complexity index is 100. The molecule has 0 aromatic heterocycles. The van der Waals surface area contributed by atoms with Crippen LogP contribution in [0.25, 0.3) is 0 Å². The first-order valence-electron chi connectivity index (χ1n) is 4.98. The van der Waals surface area contributed by atoms with Crippen LogP contribution in [0.3, 0.4) is 0 Å². The summed E-state index contributed by atoms with van der Waals surface area (Å²) in [5.74, 6) is 1.83. The van der Waals surface area contributed by atoms with E-state index in [-0.39, 0.29) is 0 Å². The summed E-state index contributed by atoms with van der Waals surface area (Å²) in [7, 11) is 0. The third-order valence-corrected chi connectivity index (χ3v) is 3.52. The third kappa shape index (κ3) is 5.04. The van der Waals surface area contributed by atoms with Gasteiger partial charge in [-0.15, -0.1) is 0 Å². The van der Waals surface area contributed by atoms with Gasteiger partial charge in [0.1, 0.15) is 0 Å². The normalized spacial score (nSPS) is 14.2. The lowest BCUT2D eigenvalue weighted by atomic mass is 9.96. The second-order valence-electron chi connectivity index (χ2n) is 3.62. The van der Waals surface area contributed by atoms with Crippen molar-refractivity contribution >= 4 is 11.8 Å². The van der Waals surface area contributed by atoms with Gasteiger partial charge in [-0.05, 0) is 11.2 Å². The van der Waals surface area contributed by atoms with Crippen molar-refractivity contribution in [1.29, 1.82) is 0 Å². The van der Waals surface area contributed by atoms with Crippen molar-refractivity contribution in [3.05, 3.63) is 0 Å². The van der Waals surface area contributed by atoms with Gasteiger partial charge in [-0.3, -0.25) is 0 Å². The Morgan fingerprint density at radius 2 is 1.67 bits per heavy atom. The van der Waals surface area contributed by atoms with E-state index in [4.69, 9.17) is 5.73 Å². The van der Waals surface area contributed by atoms with Gasteiger partial charge in [-0.25, -0.2) is 0 Å². The Kier molecular flexibility index (Phi) is 6.96. The maximum absolute atomic E-state index is 6.07. The summed E-state index contributed by atoms with van der Waals surface area (Å²) in [4.78, 5) is 0. The monoisotopic (exact) mass is 189 g/mol. The molecule has 0 saturated carbocycles. The van der Waals surface area contributed by atoms with E-state index in [2.05, 4.69) is 27.7 Å². The lowest BCUT2D eigenvalue weighted by Gasteiger charge is -2.21. The topological polar surface area (TPSA) is 26.0 Å². The molecule has 1 atom stereocenters. The first kappa shape index (κ1) is 12.3. The predicted octanol–water partition coefficient (Wildman–Crippen LogP) is 2.89. The van der Waals surface area contributed by atoms with Crippen LogP contribution in [-0.2, 0) is 0 Å². The van der Waals surface area contributed by atoms with Crippen molar-refractivity contribution in [2.75, 3.05) is 5.75 Å². The predicted molar refractivity (Wildman–Crippen MR) is 59.6 cm³/mol. The molecule has 0 heterocycles. The van der Waals surface area contributed by atoms with Gasteiger partial charge < -0.3 is 5.73 Å². The van der Waals surface area contributed by atoms with Crippen molar-refractivity contribution in [2.45, 2.75) is 51.8 Å². The molecule has 0 aromatic carbocycles. The highest BCUT2D eigenvalue weighted by Gasteiger charge is 2.13. The molecule has 0 fully saturated rings. The molecule has 2 heteroatoms. The van der Waals surface area contributed by atoms with E-state index in [1.807, 2.05) is 11.8 Å². The van der Waals surface area contributed by atoms with Crippen LogP contribution >= 0.6 is 11.8 Å². The molecule has 74 valence electrons. The fourth-order valence-corrected chi connectivity index (χ4v) is 2.21. The second kappa shape index (κ2) is 6.79. The molecule has 1 nitrogen and oxygen atoms in total. The van der Waals surface area contributed by atoms with Crippen molar-refractivity contribution in [1.82, 2.24) is 0 Å². The van der Waals surface area contributed by atoms with Crippen LogP contribution in [0.4, 0.5) is 0 Å². The quantitative estimate of drug-likeness (QED) is 0.695. The molecule has 1 unspecified atom stereocenters. The van der Waals surface area contributed by atoms with Gasteiger partial charge in [-0.2, -0.15) is 11.8 Å². The minimum atomic E-state index is 0.396. The molecule has 2 N–H and O–H groups in total. The molecule has 0 rings (SSSR count). The Hall–Kier alpha value is 0.310. The van der Waals surface area contributed by atoms with Gasteiger partial charge >= 0.3 is 0 Å². The summed E-state index contributed by atoms with van der Waals surface area (Å²) in [5, 5.41) is 0.713. The lowest BCUT2D eigenvalue weighted by molar-refractivity contribution is 0.422. The summed E-state index contributed by atoms with van der Waals surface area (Å²) < 4.78 is 0. The molecule has 0 saturated heterocycles. The van der Waals surface area contributed by atoms with Crippen LogP contribution in [0.2, 0.25) is 0 Å². The van der Waals surface area contributed by atoms with Gasteiger partial charge in [0.2, 0.25) is 0 Å². The van der Waals surface area contributed by atoms with Crippen molar-refractivity contribution in [3.63, 3.8) is 0 Å². The highest BCUT2D eigenvalue weighted by atomic mass is 32.2. The zero-order chi connectivity index (χ0) is 9.56. The van der Waals surface area contributed by atoms with E-state index in [1.54, 1.807) is 0 Å². The van der Waals surface area contributed by atoms with Crippen LogP contribution in [0.5, 0.6) is 0 Å². The van der Waals surface area contributed by atoms with Crippen LogP contribution in [-0.4, -0.2) is 17.0 Å². The summed E-state index contributed by atoms with van der Waals surface area (Å²) in [6.45, 7) is 8.91. The zero-order valence-electron chi connectivity index (χ0n) is 8.84. The Morgan fingerprint density at radius 3 is 2.00 bits per heavy atom. The molecule has 0 radical (unpaired) electrons. The fraction of sp³-hybridized carbons (Fsp3) is 1.00. The van der Waals surface area contributed by atoms with Crippen LogP contribution in [0.15, 0.2) is 0 Å². The van der Waals surface area contributed by atoms with Crippen LogP contribution in [0.1, 0.15) is 40.5 Å². The second-order valence-corrected chi connectivity index (χ2v) is 5.23.